The molecule has 1 N–H and O–H groups in total. The van der Waals surface area contributed by atoms with Crippen LogP contribution in [0.15, 0.2) is 71.6 Å². The number of amides is 2. The van der Waals surface area contributed by atoms with Gasteiger partial charge in [-0.15, -0.1) is 11.8 Å². The van der Waals surface area contributed by atoms with Crippen molar-refractivity contribution in [1.82, 2.24) is 4.98 Å². The molecule has 34 heavy (non-hydrogen) atoms. The van der Waals surface area contributed by atoms with Crippen molar-refractivity contribution in [2.75, 3.05) is 23.6 Å². The van der Waals surface area contributed by atoms with E-state index in [9.17, 15) is 9.59 Å². The zero-order chi connectivity index (χ0) is 23.1. The van der Waals surface area contributed by atoms with Crippen LogP contribution >= 0.6 is 23.1 Å². The van der Waals surface area contributed by atoms with Crippen molar-refractivity contribution < 1.29 is 19.1 Å². The molecule has 0 saturated carbocycles. The predicted molar refractivity (Wildman–Crippen MR) is 133 cm³/mol. The Balaban J connectivity index is 1.25. The van der Waals surface area contributed by atoms with Gasteiger partial charge in [0.2, 0.25) is 18.6 Å². The molecule has 7 nitrogen and oxygen atoms in total. The molecule has 0 bridgehead atoms. The van der Waals surface area contributed by atoms with Gasteiger partial charge in [0.1, 0.15) is 6.54 Å². The molecule has 2 aliphatic heterocycles. The van der Waals surface area contributed by atoms with Gasteiger partial charge in [-0.2, -0.15) is 0 Å². The molecule has 0 fully saturated rings. The fourth-order valence-corrected chi connectivity index (χ4v) is 6.23. The minimum Gasteiger partial charge on any atom is -0.454 e. The number of ether oxygens (including phenoxy) is 2. The molecule has 9 heteroatoms. The van der Waals surface area contributed by atoms with E-state index in [4.69, 9.17) is 9.47 Å². The predicted octanol–water partition coefficient (Wildman–Crippen LogP) is 5.23. The van der Waals surface area contributed by atoms with Crippen LogP contribution in [0, 0.1) is 0 Å². The van der Waals surface area contributed by atoms with Gasteiger partial charge in [0.15, 0.2) is 16.6 Å². The molecule has 0 spiro atoms. The van der Waals surface area contributed by atoms with Crippen molar-refractivity contribution in [2.45, 2.75) is 16.6 Å². The number of nitrogens with one attached hydrogen (secondary N) is 1. The number of aromatic nitrogens is 1. The molecule has 1 atom stereocenters. The molecule has 2 aliphatic rings. The normalized spacial score (nSPS) is 16.9. The lowest BCUT2D eigenvalue weighted by atomic mass is 10.1. The molecular weight excluding hydrogens is 470 g/mol. The minimum atomic E-state index is -0.284. The van der Waals surface area contributed by atoms with Crippen LogP contribution in [0.3, 0.4) is 0 Å². The van der Waals surface area contributed by atoms with Gasteiger partial charge in [0.05, 0.1) is 15.9 Å². The van der Waals surface area contributed by atoms with Crippen molar-refractivity contribution in [3.8, 4) is 11.5 Å². The van der Waals surface area contributed by atoms with Crippen LogP contribution in [-0.4, -0.2) is 30.1 Å². The summed E-state index contributed by atoms with van der Waals surface area (Å²) in [5.74, 6) is 1.01. The van der Waals surface area contributed by atoms with Crippen LogP contribution in [0.4, 0.5) is 10.8 Å². The number of fused-ring (bicyclic) bond motifs is 3. The first kappa shape index (κ1) is 21.0. The van der Waals surface area contributed by atoms with Gasteiger partial charge in [-0.05, 0) is 42.0 Å². The topological polar surface area (TPSA) is 80.8 Å². The van der Waals surface area contributed by atoms with E-state index < -0.39 is 0 Å². The van der Waals surface area contributed by atoms with Crippen LogP contribution in [0.25, 0.3) is 10.2 Å². The molecule has 4 aromatic rings. The van der Waals surface area contributed by atoms with E-state index >= 15 is 0 Å². The maximum atomic E-state index is 13.4. The lowest BCUT2D eigenvalue weighted by Crippen LogP contribution is -2.38. The van der Waals surface area contributed by atoms with Crippen molar-refractivity contribution in [3.63, 3.8) is 0 Å². The SMILES string of the molecule is O=C(CN1C(=O)CC(c2ccc3c(c2)OCO3)Sc2ccccc21)Nc1nc2ccccc2s1. The highest BCUT2D eigenvalue weighted by Gasteiger charge is 2.31. The molecule has 6 rings (SSSR count). The number of hydrogen-bond acceptors (Lipinski definition) is 7. The van der Waals surface area contributed by atoms with Crippen molar-refractivity contribution in [3.05, 3.63) is 72.3 Å². The van der Waals surface area contributed by atoms with E-state index in [1.807, 2.05) is 66.7 Å². The highest BCUT2D eigenvalue weighted by Crippen LogP contribution is 2.47. The van der Waals surface area contributed by atoms with E-state index in [2.05, 4.69) is 10.3 Å². The Kier molecular flexibility index (Phi) is 5.35. The smallest absolute Gasteiger partial charge is 0.246 e. The summed E-state index contributed by atoms with van der Waals surface area (Å²) in [4.78, 5) is 33.3. The summed E-state index contributed by atoms with van der Waals surface area (Å²) in [6, 6.07) is 21.2. The highest BCUT2D eigenvalue weighted by molar-refractivity contribution is 7.99. The number of nitrogens with zero attached hydrogens (tertiary/aromatic N) is 2. The average Bonchev–Trinajstić information content (AvgIpc) is 3.45. The molecule has 170 valence electrons. The number of anilines is 2. The van der Waals surface area contributed by atoms with Crippen molar-refractivity contribution in [2.24, 2.45) is 0 Å². The third kappa shape index (κ3) is 3.97. The summed E-state index contributed by atoms with van der Waals surface area (Å²) in [6.45, 7) is 0.121. The summed E-state index contributed by atoms with van der Waals surface area (Å²) >= 11 is 3.03. The Bertz CT molecular complexity index is 1390. The van der Waals surface area contributed by atoms with Gasteiger partial charge in [0.25, 0.3) is 0 Å². The van der Waals surface area contributed by atoms with E-state index in [-0.39, 0.29) is 36.8 Å². The zero-order valence-corrected chi connectivity index (χ0v) is 19.5. The minimum absolute atomic E-state index is 0.0831. The number of benzene rings is 3. The summed E-state index contributed by atoms with van der Waals surface area (Å²) in [5.41, 5.74) is 2.56. The van der Waals surface area contributed by atoms with Crippen LogP contribution in [0.5, 0.6) is 11.5 Å². The summed E-state index contributed by atoms with van der Waals surface area (Å²) < 4.78 is 11.9. The van der Waals surface area contributed by atoms with Crippen LogP contribution < -0.4 is 19.7 Å². The van der Waals surface area contributed by atoms with Crippen LogP contribution in [0.2, 0.25) is 0 Å². The Morgan fingerprint density at radius 2 is 1.88 bits per heavy atom. The average molecular weight is 490 g/mol. The molecule has 3 heterocycles. The van der Waals surface area contributed by atoms with Crippen LogP contribution in [-0.2, 0) is 9.59 Å². The molecule has 1 aromatic heterocycles. The molecule has 0 saturated heterocycles. The number of carbonyl (C=O) groups is 2. The fourth-order valence-electron chi connectivity index (χ4n) is 4.08. The maximum absolute atomic E-state index is 13.4. The van der Waals surface area contributed by atoms with Gasteiger partial charge in [-0.25, -0.2) is 4.98 Å². The van der Waals surface area contributed by atoms with Gasteiger partial charge >= 0.3 is 0 Å². The van der Waals surface area contributed by atoms with Gasteiger partial charge in [0, 0.05) is 16.6 Å². The summed E-state index contributed by atoms with van der Waals surface area (Å²) in [6.07, 6.45) is 0.257. The zero-order valence-electron chi connectivity index (χ0n) is 17.9. The molecule has 0 aliphatic carbocycles. The lowest BCUT2D eigenvalue weighted by molar-refractivity contribution is -0.121. The van der Waals surface area contributed by atoms with Gasteiger partial charge < -0.3 is 19.7 Å². The monoisotopic (exact) mass is 489 g/mol. The Morgan fingerprint density at radius 1 is 1.06 bits per heavy atom. The van der Waals surface area contributed by atoms with Gasteiger partial charge in [-0.1, -0.05) is 41.7 Å². The molecule has 1 unspecified atom stereocenters. The maximum Gasteiger partial charge on any atom is 0.246 e. The first-order valence-corrected chi connectivity index (χ1v) is 12.4. The number of carbonyl (C=O) groups excluding carboxylic acids is 2. The van der Waals surface area contributed by atoms with Crippen molar-refractivity contribution in [1.29, 1.82) is 0 Å². The third-order valence-corrected chi connectivity index (χ3v) is 7.97. The van der Waals surface area contributed by atoms with E-state index in [1.165, 1.54) is 11.3 Å². The Morgan fingerprint density at radius 3 is 2.79 bits per heavy atom. The number of hydrogen-bond donors (Lipinski definition) is 1. The second-order valence-corrected chi connectivity index (χ2v) is 10.2. The van der Waals surface area contributed by atoms with E-state index in [1.54, 1.807) is 16.7 Å². The summed E-state index contributed by atoms with van der Waals surface area (Å²) in [7, 11) is 0. The van der Waals surface area contributed by atoms with Gasteiger partial charge in [-0.3, -0.25) is 9.59 Å². The van der Waals surface area contributed by atoms with E-state index in [0.717, 1.165) is 26.4 Å². The first-order valence-electron chi connectivity index (χ1n) is 10.7. The quantitative estimate of drug-likeness (QED) is 0.423. The number of thioether (sulfide) groups is 1. The van der Waals surface area contributed by atoms with Crippen LogP contribution in [0.1, 0.15) is 17.2 Å². The Labute approximate surface area is 203 Å². The largest absolute Gasteiger partial charge is 0.454 e. The molecule has 2 amide bonds. The number of para-hydroxylation sites is 2. The second-order valence-electron chi connectivity index (χ2n) is 7.91. The highest BCUT2D eigenvalue weighted by atomic mass is 32.2. The van der Waals surface area contributed by atoms with Crippen molar-refractivity contribution >= 4 is 55.9 Å². The summed E-state index contributed by atoms with van der Waals surface area (Å²) in [5, 5.41) is 3.27. The second kappa shape index (κ2) is 8.66. The molecule has 3 aromatic carbocycles. The number of rotatable bonds is 4. The number of thiazole rings is 1. The standard InChI is InChI=1S/C25H19N3O4S2/c29-23(27-25-26-16-5-1-3-7-20(16)34-25)13-28-17-6-2-4-8-21(17)33-22(12-24(28)30)15-9-10-18-19(11-15)32-14-31-18/h1-11,22H,12-14H2,(H,26,27,29). The fraction of sp³-hybridized carbons (Fsp3) is 0.160. The third-order valence-electron chi connectivity index (χ3n) is 5.70. The molecular formula is C25H19N3O4S2. The van der Waals surface area contributed by atoms with E-state index in [0.29, 0.717) is 16.6 Å². The Hall–Kier alpha value is -3.56. The molecule has 0 radical (unpaired) electrons. The first-order chi connectivity index (χ1) is 16.6. The lowest BCUT2D eigenvalue weighted by Gasteiger charge is -2.21.